The topological polar surface area (TPSA) is 71.1 Å². The van der Waals surface area contributed by atoms with Crippen LogP contribution < -0.4 is 0 Å². The van der Waals surface area contributed by atoms with Gasteiger partial charge in [0.15, 0.2) is 5.79 Å². The van der Waals surface area contributed by atoms with E-state index < -0.39 is 16.6 Å². The van der Waals surface area contributed by atoms with Gasteiger partial charge in [-0.05, 0) is 72.0 Å². The largest absolute Gasteiger partial charge is 0.392 e. The fourth-order valence-electron chi connectivity index (χ4n) is 14.1. The number of fused-ring (bicyclic) bond motifs is 2. The molecule has 14 rings (SSSR count). The second-order valence-electron chi connectivity index (χ2n) is 15.2. The van der Waals surface area contributed by atoms with Gasteiger partial charge in [-0.1, -0.05) is 59.8 Å². The zero-order valence-electron chi connectivity index (χ0n) is 23.5. The van der Waals surface area contributed by atoms with E-state index in [-0.39, 0.29) is 47.4 Å². The van der Waals surface area contributed by atoms with Crippen LogP contribution in [0.3, 0.4) is 0 Å². The van der Waals surface area contributed by atoms with Crippen molar-refractivity contribution in [3.05, 3.63) is 59.8 Å². The zero-order valence-corrected chi connectivity index (χ0v) is 23.5. The molecule has 6 heteroatoms. The Kier molecular flexibility index (Phi) is 3.92. The average Bonchev–Trinajstić information content (AvgIpc) is 3.77. The molecule has 212 valence electrons. The van der Waals surface area contributed by atoms with Gasteiger partial charge in [-0.3, -0.25) is 9.59 Å². The Bertz CT molecular complexity index is 1390. The number of cyclic esters (lactones) is 2. The number of methoxy groups -OCH3 is 2. The molecule has 41 heavy (non-hydrogen) atoms. The lowest BCUT2D eigenvalue weighted by Crippen LogP contribution is -2.70. The Morgan fingerprint density at radius 2 is 1.10 bits per heavy atom. The van der Waals surface area contributed by atoms with Crippen molar-refractivity contribution in [1.29, 1.82) is 0 Å². The molecule has 0 aromatic rings. The lowest BCUT2D eigenvalue weighted by molar-refractivity contribution is -0.234. The molecule has 5 fully saturated rings. The van der Waals surface area contributed by atoms with Gasteiger partial charge in [-0.25, -0.2) is 0 Å². The summed E-state index contributed by atoms with van der Waals surface area (Å²) in [5, 5.41) is 0. The van der Waals surface area contributed by atoms with Crippen LogP contribution in [0.15, 0.2) is 59.8 Å². The SMILES string of the molecule is COC1(OC)[C@@H]2C=C[C@H]1C1C2[C@@H]2C=C[C@H]1C1=C2C[C@]23C(=O)OC(=O)[C@@]2(C1)[C@@H]1C=C[C@H]3C2C1[C@@H]1C=C[C@H]2C2COCC21. The van der Waals surface area contributed by atoms with Crippen LogP contribution in [0, 0.1) is 93.7 Å². The molecule has 0 spiro atoms. The molecule has 0 aromatic heterocycles. The van der Waals surface area contributed by atoms with Crippen molar-refractivity contribution in [2.75, 3.05) is 27.4 Å². The van der Waals surface area contributed by atoms with Crippen molar-refractivity contribution in [2.24, 2.45) is 93.7 Å². The van der Waals surface area contributed by atoms with Crippen molar-refractivity contribution >= 4 is 11.9 Å². The maximum absolute atomic E-state index is 14.3. The molecule has 8 bridgehead atoms. The van der Waals surface area contributed by atoms with Crippen molar-refractivity contribution in [2.45, 2.75) is 18.6 Å². The van der Waals surface area contributed by atoms with Crippen LogP contribution in [-0.2, 0) is 28.5 Å². The van der Waals surface area contributed by atoms with E-state index in [0.29, 0.717) is 60.2 Å². The van der Waals surface area contributed by atoms with Crippen molar-refractivity contribution in [1.82, 2.24) is 0 Å². The Hall–Kier alpha value is -2.28. The normalized spacial score (nSPS) is 59.4. The van der Waals surface area contributed by atoms with Gasteiger partial charge in [-0.15, -0.1) is 0 Å². The highest BCUT2D eigenvalue weighted by Gasteiger charge is 2.83. The number of allylic oxidation sites excluding steroid dienone is 8. The third-order valence-corrected chi connectivity index (χ3v) is 15.1. The predicted molar refractivity (Wildman–Crippen MR) is 145 cm³/mol. The molecule has 0 amide bonds. The summed E-state index contributed by atoms with van der Waals surface area (Å²) in [6, 6.07) is 0. The molecular formula is C35H36O6. The molecule has 2 heterocycles. The minimum Gasteiger partial charge on any atom is -0.392 e. The van der Waals surface area contributed by atoms with Crippen LogP contribution in [0.2, 0.25) is 0 Å². The van der Waals surface area contributed by atoms with Gasteiger partial charge in [0.1, 0.15) is 0 Å². The summed E-state index contributed by atoms with van der Waals surface area (Å²) in [5.41, 5.74) is 1.27. The van der Waals surface area contributed by atoms with Crippen LogP contribution in [0.5, 0.6) is 0 Å². The Morgan fingerprint density at radius 3 is 1.56 bits per heavy atom. The first-order chi connectivity index (χ1) is 20.0. The zero-order chi connectivity index (χ0) is 27.2. The molecule has 6 nitrogen and oxygen atoms in total. The van der Waals surface area contributed by atoms with Crippen LogP contribution >= 0.6 is 0 Å². The van der Waals surface area contributed by atoms with Crippen LogP contribution in [-0.4, -0.2) is 45.2 Å². The molecule has 6 unspecified atom stereocenters. The fraction of sp³-hybridized carbons (Fsp3) is 0.657. The van der Waals surface area contributed by atoms with Gasteiger partial charge in [-0.2, -0.15) is 0 Å². The monoisotopic (exact) mass is 552 g/mol. The number of ether oxygens (including phenoxy) is 4. The van der Waals surface area contributed by atoms with E-state index in [1.54, 1.807) is 14.2 Å². The third-order valence-electron chi connectivity index (χ3n) is 15.1. The van der Waals surface area contributed by atoms with Gasteiger partial charge in [0, 0.05) is 37.9 Å². The second kappa shape index (κ2) is 6.92. The molecule has 2 saturated heterocycles. The Labute approximate surface area is 239 Å². The van der Waals surface area contributed by atoms with Crippen LogP contribution in [0.1, 0.15) is 12.8 Å². The maximum Gasteiger partial charge on any atom is 0.321 e. The number of hydrogen-bond donors (Lipinski definition) is 0. The lowest BCUT2D eigenvalue weighted by atomic mass is 9.30. The van der Waals surface area contributed by atoms with Crippen LogP contribution in [0.25, 0.3) is 0 Å². The maximum atomic E-state index is 14.3. The molecule has 3 saturated carbocycles. The summed E-state index contributed by atoms with van der Waals surface area (Å²) in [5.74, 6) is 3.24. The summed E-state index contributed by atoms with van der Waals surface area (Å²) in [6.45, 7) is 1.65. The molecule has 14 aliphatic rings. The van der Waals surface area contributed by atoms with Crippen molar-refractivity contribution < 1.29 is 28.5 Å². The smallest absolute Gasteiger partial charge is 0.321 e. The number of rotatable bonds is 2. The summed E-state index contributed by atoms with van der Waals surface area (Å²) < 4.78 is 24.3. The number of hydrogen-bond acceptors (Lipinski definition) is 6. The first kappa shape index (κ1) is 23.2. The standard InChI is InChI=1S/C35H36O6/c1-38-35(39-2)25-9-10-26(35)30-16-4-3-15(29(25)30)19-11-33-23-7-8-24(34(33,12-20(16)19)32(37)41-31(33)36)28-18-6-5-17(27(23)28)21-13-40-14-22(18)21/h3-10,15-18,21-30H,11-14H2,1-2H3/t15-,16+,17+,18-,21?,22?,23+,24-,25-,26+,27?,28?,29?,30?,33+,34-. The van der Waals surface area contributed by atoms with E-state index in [0.717, 1.165) is 13.2 Å². The summed E-state index contributed by atoms with van der Waals surface area (Å²) in [7, 11) is 3.58. The predicted octanol–water partition coefficient (Wildman–Crippen LogP) is 4.11. The number of carbonyl (C=O) groups excluding carboxylic acids is 2. The summed E-state index contributed by atoms with van der Waals surface area (Å²) in [4.78, 5) is 28.6. The van der Waals surface area contributed by atoms with E-state index >= 15 is 0 Å². The Morgan fingerprint density at radius 1 is 0.634 bits per heavy atom. The average molecular weight is 553 g/mol. The fourth-order valence-corrected chi connectivity index (χ4v) is 14.1. The molecule has 12 aliphatic carbocycles. The lowest BCUT2D eigenvalue weighted by Gasteiger charge is -2.69. The van der Waals surface area contributed by atoms with Gasteiger partial charge in [0.2, 0.25) is 0 Å². The van der Waals surface area contributed by atoms with E-state index in [1.165, 1.54) is 11.1 Å². The quantitative estimate of drug-likeness (QED) is 0.222. The number of carbonyl (C=O) groups is 2. The summed E-state index contributed by atoms with van der Waals surface area (Å²) in [6.07, 6.45) is 20.4. The molecule has 16 atom stereocenters. The van der Waals surface area contributed by atoms with E-state index in [2.05, 4.69) is 48.6 Å². The highest BCUT2D eigenvalue weighted by molar-refractivity contribution is 6.04. The molecular weight excluding hydrogens is 516 g/mol. The number of esters is 2. The van der Waals surface area contributed by atoms with Crippen molar-refractivity contribution in [3.63, 3.8) is 0 Å². The van der Waals surface area contributed by atoms with Gasteiger partial charge in [0.05, 0.1) is 24.0 Å². The highest BCUT2D eigenvalue weighted by Crippen LogP contribution is 2.80. The minimum absolute atomic E-state index is 0.0293. The van der Waals surface area contributed by atoms with Gasteiger partial charge >= 0.3 is 11.9 Å². The van der Waals surface area contributed by atoms with Gasteiger partial charge in [0.25, 0.3) is 0 Å². The molecule has 0 aromatic carbocycles. The third kappa shape index (κ3) is 2.06. The first-order valence-corrected chi connectivity index (χ1v) is 15.9. The van der Waals surface area contributed by atoms with E-state index in [4.69, 9.17) is 18.9 Å². The van der Waals surface area contributed by atoms with Crippen LogP contribution in [0.4, 0.5) is 0 Å². The van der Waals surface area contributed by atoms with Gasteiger partial charge < -0.3 is 18.9 Å². The molecule has 2 aliphatic heterocycles. The molecule has 0 radical (unpaired) electrons. The molecule has 0 N–H and O–H groups in total. The van der Waals surface area contributed by atoms with E-state index in [1.807, 2.05) is 0 Å². The second-order valence-corrected chi connectivity index (χ2v) is 15.2. The first-order valence-electron chi connectivity index (χ1n) is 15.9. The summed E-state index contributed by atoms with van der Waals surface area (Å²) >= 11 is 0. The minimum atomic E-state index is -0.794. The van der Waals surface area contributed by atoms with Crippen molar-refractivity contribution in [3.8, 4) is 0 Å². The van der Waals surface area contributed by atoms with E-state index in [9.17, 15) is 9.59 Å². The Balaban J connectivity index is 1.09. The highest BCUT2D eigenvalue weighted by atomic mass is 16.7.